The lowest BCUT2D eigenvalue weighted by atomic mass is 10.1. The van der Waals surface area contributed by atoms with Crippen molar-refractivity contribution in [1.82, 2.24) is 19.8 Å². The van der Waals surface area contributed by atoms with Crippen LogP contribution in [-0.2, 0) is 4.74 Å². The van der Waals surface area contributed by atoms with E-state index in [2.05, 4.69) is 32.1 Å². The van der Waals surface area contributed by atoms with Crippen LogP contribution in [0.1, 0.15) is 12.8 Å². The van der Waals surface area contributed by atoms with Gasteiger partial charge in [0, 0.05) is 57.7 Å². The van der Waals surface area contributed by atoms with E-state index in [1.54, 1.807) is 12.1 Å². The molecule has 3 aliphatic rings. The van der Waals surface area contributed by atoms with Crippen LogP contribution in [0.2, 0.25) is 5.02 Å². The predicted octanol–water partition coefficient (Wildman–Crippen LogP) is 1.47. The van der Waals surface area contributed by atoms with Crippen molar-refractivity contribution in [3.63, 3.8) is 0 Å². The lowest BCUT2D eigenvalue weighted by Gasteiger charge is -2.32. The van der Waals surface area contributed by atoms with Crippen LogP contribution in [0.15, 0.2) is 30.6 Å². The molecule has 0 unspecified atom stereocenters. The van der Waals surface area contributed by atoms with Gasteiger partial charge in [-0.3, -0.25) is 4.90 Å². The van der Waals surface area contributed by atoms with E-state index in [1.165, 1.54) is 6.33 Å². The number of fused-ring (bicyclic) bond motifs is 2. The molecule has 2 fully saturated rings. The van der Waals surface area contributed by atoms with Gasteiger partial charge in [0.15, 0.2) is 11.5 Å². The average molecular weight is 596 g/mol. The van der Waals surface area contributed by atoms with Crippen LogP contribution in [0.5, 0.6) is 23.0 Å². The molecule has 0 amide bonds. The predicted molar refractivity (Wildman–Crippen MR) is 155 cm³/mol. The molecule has 0 bridgehead atoms. The van der Waals surface area contributed by atoms with Gasteiger partial charge >= 0.3 is 0 Å². The van der Waals surface area contributed by atoms with Crippen molar-refractivity contribution < 1.29 is 40.1 Å². The Kier molecular flexibility index (Phi) is 11.5. The number of nitrogens with zero attached hydrogens (tertiary/aromatic N) is 4. The number of hydrogen-bond donors (Lipinski definition) is 1. The molecule has 3 aromatic rings. The first-order chi connectivity index (χ1) is 18.6. The van der Waals surface area contributed by atoms with Gasteiger partial charge in [-0.25, -0.2) is 9.97 Å². The van der Waals surface area contributed by atoms with Gasteiger partial charge in [0.2, 0.25) is 6.79 Å². The summed E-state index contributed by atoms with van der Waals surface area (Å²) >= 11 is 6.55. The van der Waals surface area contributed by atoms with Crippen LogP contribution in [0.3, 0.4) is 0 Å². The summed E-state index contributed by atoms with van der Waals surface area (Å²) in [4.78, 5) is 13.9. The number of hydrogen-bond acceptors (Lipinski definition) is 10. The molecule has 0 atom stereocenters. The zero-order chi connectivity index (χ0) is 25.9. The normalized spacial score (nSPS) is 17.2. The van der Waals surface area contributed by atoms with Gasteiger partial charge in [-0.2, -0.15) is 0 Å². The third-order valence-electron chi connectivity index (χ3n) is 7.14. The molecule has 2 saturated heterocycles. The average Bonchev–Trinajstić information content (AvgIpc) is 3.41. The van der Waals surface area contributed by atoms with E-state index in [0.717, 1.165) is 51.0 Å². The van der Waals surface area contributed by atoms with Crippen LogP contribution < -0.4 is 24.3 Å². The second-order valence-corrected chi connectivity index (χ2v) is 10.1. The van der Waals surface area contributed by atoms with Gasteiger partial charge in [0.05, 0.1) is 29.1 Å². The van der Waals surface area contributed by atoms with Crippen molar-refractivity contribution in [3.05, 3.63) is 35.6 Å². The molecule has 6 rings (SSSR count). The summed E-state index contributed by atoms with van der Waals surface area (Å²) in [6.07, 6.45) is 3.18. The number of anilines is 2. The van der Waals surface area contributed by atoms with Crippen molar-refractivity contribution in [2.45, 2.75) is 18.9 Å². The van der Waals surface area contributed by atoms with E-state index in [1.807, 2.05) is 12.1 Å². The second kappa shape index (κ2) is 14.6. The third kappa shape index (κ3) is 7.38. The summed E-state index contributed by atoms with van der Waals surface area (Å²) in [7, 11) is 2.16. The largest absolute Gasteiger partial charge is 0.492 e. The molecular formula is C27H38ClN5O8. The van der Waals surface area contributed by atoms with Gasteiger partial charge in [-0.15, -0.1) is 0 Å². The Morgan fingerprint density at radius 2 is 1.80 bits per heavy atom. The van der Waals surface area contributed by atoms with Crippen LogP contribution in [0.25, 0.3) is 10.9 Å². The first kappa shape index (κ1) is 32.3. The fourth-order valence-electron chi connectivity index (χ4n) is 4.92. The zero-order valence-corrected chi connectivity index (χ0v) is 23.7. The maximum Gasteiger partial charge on any atom is 0.231 e. The molecule has 2 aromatic carbocycles. The van der Waals surface area contributed by atoms with E-state index in [9.17, 15) is 0 Å². The maximum atomic E-state index is 6.55. The molecule has 3 aliphatic heterocycles. The molecule has 0 aliphatic carbocycles. The zero-order valence-electron chi connectivity index (χ0n) is 23.0. The van der Waals surface area contributed by atoms with Crippen molar-refractivity contribution >= 4 is 34.0 Å². The number of halogens is 1. The summed E-state index contributed by atoms with van der Waals surface area (Å²) in [5.41, 5.74) is 1.30. The van der Waals surface area contributed by atoms with Crippen molar-refractivity contribution in [2.75, 3.05) is 71.7 Å². The number of aromatic nitrogens is 2. The van der Waals surface area contributed by atoms with Gasteiger partial charge in [-0.1, -0.05) is 11.6 Å². The van der Waals surface area contributed by atoms with E-state index in [0.29, 0.717) is 64.9 Å². The summed E-state index contributed by atoms with van der Waals surface area (Å²) in [6, 6.07) is 7.43. The van der Waals surface area contributed by atoms with Gasteiger partial charge in [-0.05, 0) is 19.2 Å². The highest BCUT2D eigenvalue weighted by atomic mass is 35.5. The molecule has 7 N–H and O–H groups in total. The minimum absolute atomic E-state index is 0. The smallest absolute Gasteiger partial charge is 0.231 e. The van der Waals surface area contributed by atoms with E-state index in [4.69, 9.17) is 35.3 Å². The molecule has 4 heterocycles. The standard InChI is InChI=1S/C27H32ClN5O5.3H2O/c1-32-6-8-33(9-7-32)10-13-35-19-14-21-24(23(15-19)38-18-4-11-34-12-5-18)27(30-16-29-21)31-25-20(28)2-3-22-26(25)37-17-36-22;;;/h2-3,14-16,18H,4-13,17H2,1H3,(H,29,30,31);3*1H2. The lowest BCUT2D eigenvalue weighted by molar-refractivity contribution is 0.0261. The Hall–Kier alpha value is -3.17. The molecule has 41 heavy (non-hydrogen) atoms. The quantitative estimate of drug-likeness (QED) is 0.399. The van der Waals surface area contributed by atoms with Crippen molar-refractivity contribution in [2.24, 2.45) is 0 Å². The fraction of sp³-hybridized carbons (Fsp3) is 0.481. The van der Waals surface area contributed by atoms with Crippen LogP contribution in [0.4, 0.5) is 11.5 Å². The summed E-state index contributed by atoms with van der Waals surface area (Å²) < 4.78 is 29.5. The molecule has 1 aromatic heterocycles. The lowest BCUT2D eigenvalue weighted by Crippen LogP contribution is -2.45. The molecule has 14 heteroatoms. The number of ether oxygens (including phenoxy) is 5. The molecule has 0 saturated carbocycles. The highest BCUT2D eigenvalue weighted by Gasteiger charge is 2.24. The molecule has 13 nitrogen and oxygen atoms in total. The molecule has 0 radical (unpaired) electrons. The monoisotopic (exact) mass is 595 g/mol. The van der Waals surface area contributed by atoms with Crippen molar-refractivity contribution in [1.29, 1.82) is 0 Å². The maximum absolute atomic E-state index is 6.55. The Morgan fingerprint density at radius 3 is 2.59 bits per heavy atom. The Labute approximate surface area is 243 Å². The minimum atomic E-state index is 0. The third-order valence-corrected chi connectivity index (χ3v) is 7.46. The highest BCUT2D eigenvalue weighted by Crippen LogP contribution is 2.46. The molecule has 0 spiro atoms. The minimum Gasteiger partial charge on any atom is -0.492 e. The SMILES string of the molecule is CN1CCN(CCOc2cc(OC3CCOCC3)c3c(Nc4c(Cl)ccc5c4OCO5)ncnc3c2)CC1.O.O.O. The first-order valence-corrected chi connectivity index (χ1v) is 13.4. The second-order valence-electron chi connectivity index (χ2n) is 9.74. The van der Waals surface area contributed by atoms with Gasteiger partial charge in [0.1, 0.15) is 42.0 Å². The Bertz CT molecular complexity index is 1290. The van der Waals surface area contributed by atoms with E-state index >= 15 is 0 Å². The summed E-state index contributed by atoms with van der Waals surface area (Å²) in [5.74, 6) is 3.12. The molecule has 226 valence electrons. The molecular weight excluding hydrogens is 558 g/mol. The number of nitrogens with one attached hydrogen (secondary N) is 1. The Morgan fingerprint density at radius 1 is 1.02 bits per heavy atom. The van der Waals surface area contributed by atoms with Crippen LogP contribution in [0, 0.1) is 0 Å². The number of benzene rings is 2. The van der Waals surface area contributed by atoms with E-state index < -0.39 is 0 Å². The fourth-order valence-corrected chi connectivity index (χ4v) is 5.12. The number of rotatable bonds is 8. The van der Waals surface area contributed by atoms with Crippen molar-refractivity contribution in [3.8, 4) is 23.0 Å². The number of piperazine rings is 1. The topological polar surface area (TPSA) is 185 Å². The van der Waals surface area contributed by atoms with Gasteiger partial charge in [0.25, 0.3) is 0 Å². The van der Waals surface area contributed by atoms with Crippen LogP contribution in [-0.4, -0.2) is 109 Å². The Balaban J connectivity index is 0.00000154. The van der Waals surface area contributed by atoms with E-state index in [-0.39, 0.29) is 29.3 Å². The summed E-state index contributed by atoms with van der Waals surface area (Å²) in [6.45, 7) is 7.22. The van der Waals surface area contributed by atoms with Crippen LogP contribution >= 0.6 is 11.6 Å². The van der Waals surface area contributed by atoms with Gasteiger partial charge < -0.3 is 50.3 Å². The first-order valence-electron chi connectivity index (χ1n) is 13.1. The highest BCUT2D eigenvalue weighted by molar-refractivity contribution is 6.34. The number of likely N-dealkylation sites (N-methyl/N-ethyl adjacent to an activating group) is 1. The summed E-state index contributed by atoms with van der Waals surface area (Å²) in [5, 5.41) is 4.60.